The van der Waals surface area contributed by atoms with Gasteiger partial charge in [0.15, 0.2) is 0 Å². The molecule has 0 saturated carbocycles. The number of pyridine rings is 1. The van der Waals surface area contributed by atoms with Gasteiger partial charge in [-0.2, -0.15) is 0 Å². The van der Waals surface area contributed by atoms with Crippen LogP contribution in [-0.2, 0) is 0 Å². The van der Waals surface area contributed by atoms with E-state index in [1.807, 2.05) is 12.1 Å². The molecule has 0 amide bonds. The topological polar surface area (TPSA) is 46.6 Å². The fourth-order valence-electron chi connectivity index (χ4n) is 2.85. The van der Waals surface area contributed by atoms with Crippen LogP contribution in [-0.4, -0.2) is 45.4 Å². The zero-order valence-electron chi connectivity index (χ0n) is 13.2. The standard InChI is InChI=1S/C16H21N3O2.ClH/c1-11-10-14(19-8-6-17-7-9-19)18-16-13(21-3)5-4-12(20-2)15(11)16;/h4-5,10,17H,6-9H2,1-3H3;1H. The molecular formula is C16H22ClN3O2. The summed E-state index contributed by atoms with van der Waals surface area (Å²) in [6, 6.07) is 5.98. The molecule has 2 heterocycles. The van der Waals surface area contributed by atoms with Gasteiger partial charge < -0.3 is 19.7 Å². The number of anilines is 1. The maximum absolute atomic E-state index is 5.48. The average molecular weight is 324 g/mol. The van der Waals surface area contributed by atoms with Gasteiger partial charge in [-0.1, -0.05) is 0 Å². The predicted molar refractivity (Wildman–Crippen MR) is 91.9 cm³/mol. The molecule has 120 valence electrons. The number of aromatic nitrogens is 1. The van der Waals surface area contributed by atoms with E-state index >= 15 is 0 Å². The maximum Gasteiger partial charge on any atom is 0.145 e. The van der Waals surface area contributed by atoms with Crippen molar-refractivity contribution in [3.63, 3.8) is 0 Å². The van der Waals surface area contributed by atoms with Gasteiger partial charge in [0, 0.05) is 31.6 Å². The van der Waals surface area contributed by atoms with Crippen LogP contribution < -0.4 is 19.7 Å². The van der Waals surface area contributed by atoms with E-state index in [9.17, 15) is 0 Å². The second kappa shape index (κ2) is 7.03. The highest BCUT2D eigenvalue weighted by molar-refractivity contribution is 5.94. The molecule has 0 unspecified atom stereocenters. The van der Waals surface area contributed by atoms with Crippen LogP contribution in [0.5, 0.6) is 11.5 Å². The molecule has 0 bridgehead atoms. The van der Waals surface area contributed by atoms with Crippen LogP contribution in [0.25, 0.3) is 10.9 Å². The lowest BCUT2D eigenvalue weighted by atomic mass is 10.1. The van der Waals surface area contributed by atoms with E-state index in [-0.39, 0.29) is 12.4 Å². The van der Waals surface area contributed by atoms with E-state index in [0.717, 1.165) is 60.0 Å². The molecule has 3 rings (SSSR count). The second-order valence-electron chi connectivity index (χ2n) is 5.23. The second-order valence-corrected chi connectivity index (χ2v) is 5.23. The summed E-state index contributed by atoms with van der Waals surface area (Å²) in [6.07, 6.45) is 0. The van der Waals surface area contributed by atoms with Gasteiger partial charge in [0.2, 0.25) is 0 Å². The molecule has 1 aromatic heterocycles. The maximum atomic E-state index is 5.48. The van der Waals surface area contributed by atoms with Crippen molar-refractivity contribution in [2.75, 3.05) is 45.3 Å². The lowest BCUT2D eigenvalue weighted by Gasteiger charge is -2.29. The zero-order valence-corrected chi connectivity index (χ0v) is 14.0. The molecule has 6 heteroatoms. The number of nitrogens with one attached hydrogen (secondary N) is 1. The molecule has 1 aliphatic heterocycles. The Morgan fingerprint density at radius 2 is 1.73 bits per heavy atom. The molecule has 1 N–H and O–H groups in total. The summed E-state index contributed by atoms with van der Waals surface area (Å²) < 4.78 is 10.9. The molecule has 1 aromatic carbocycles. The largest absolute Gasteiger partial charge is 0.496 e. The number of nitrogens with zero attached hydrogens (tertiary/aromatic N) is 2. The van der Waals surface area contributed by atoms with Gasteiger partial charge in [-0.25, -0.2) is 4.98 Å². The van der Waals surface area contributed by atoms with E-state index in [2.05, 4.69) is 23.2 Å². The molecule has 0 spiro atoms. The fourth-order valence-corrected chi connectivity index (χ4v) is 2.85. The molecule has 0 radical (unpaired) electrons. The predicted octanol–water partition coefficient (Wildman–Crippen LogP) is 2.39. The lowest BCUT2D eigenvalue weighted by Crippen LogP contribution is -2.43. The SMILES string of the molecule is COc1ccc(OC)c2c(C)cc(N3CCNCC3)nc12.Cl. The van der Waals surface area contributed by atoms with Gasteiger partial charge in [-0.15, -0.1) is 12.4 Å². The number of ether oxygens (including phenoxy) is 2. The van der Waals surface area contributed by atoms with Crippen molar-refractivity contribution in [1.82, 2.24) is 10.3 Å². The molecule has 0 atom stereocenters. The number of benzene rings is 1. The third-order valence-corrected chi connectivity index (χ3v) is 3.95. The Morgan fingerprint density at radius 1 is 1.09 bits per heavy atom. The normalized spacial score (nSPS) is 14.6. The van der Waals surface area contributed by atoms with Crippen LogP contribution in [0.3, 0.4) is 0 Å². The van der Waals surface area contributed by atoms with Crippen LogP contribution in [0.15, 0.2) is 18.2 Å². The minimum atomic E-state index is 0. The van der Waals surface area contributed by atoms with Gasteiger partial charge in [0.1, 0.15) is 22.8 Å². The number of methoxy groups -OCH3 is 2. The molecule has 5 nitrogen and oxygen atoms in total. The molecule has 1 saturated heterocycles. The van der Waals surface area contributed by atoms with E-state index in [0.29, 0.717) is 0 Å². The number of fused-ring (bicyclic) bond motifs is 1. The highest BCUT2D eigenvalue weighted by Gasteiger charge is 2.17. The first kappa shape index (κ1) is 16.6. The number of piperazine rings is 1. The summed E-state index contributed by atoms with van der Waals surface area (Å²) in [6.45, 7) is 6.04. The highest BCUT2D eigenvalue weighted by Crippen LogP contribution is 2.35. The monoisotopic (exact) mass is 323 g/mol. The molecule has 1 aliphatic rings. The molecule has 0 aliphatic carbocycles. The first-order valence-electron chi connectivity index (χ1n) is 7.22. The minimum Gasteiger partial charge on any atom is -0.496 e. The summed E-state index contributed by atoms with van der Waals surface area (Å²) in [4.78, 5) is 7.14. The van der Waals surface area contributed by atoms with E-state index in [1.165, 1.54) is 0 Å². The Hall–Kier alpha value is -1.72. The number of halogens is 1. The van der Waals surface area contributed by atoms with Crippen LogP contribution in [0, 0.1) is 6.92 Å². The number of hydrogen-bond donors (Lipinski definition) is 1. The third kappa shape index (κ3) is 2.91. The van der Waals surface area contributed by atoms with Crippen molar-refractivity contribution < 1.29 is 9.47 Å². The number of rotatable bonds is 3. The van der Waals surface area contributed by atoms with Crippen molar-refractivity contribution in [2.45, 2.75) is 6.92 Å². The van der Waals surface area contributed by atoms with Gasteiger partial charge in [0.25, 0.3) is 0 Å². The first-order valence-corrected chi connectivity index (χ1v) is 7.22. The number of aryl methyl sites for hydroxylation is 1. The molecule has 22 heavy (non-hydrogen) atoms. The van der Waals surface area contributed by atoms with Crippen molar-refractivity contribution in [3.8, 4) is 11.5 Å². The third-order valence-electron chi connectivity index (χ3n) is 3.95. The summed E-state index contributed by atoms with van der Waals surface area (Å²) in [5.41, 5.74) is 2.02. The average Bonchev–Trinajstić information content (AvgIpc) is 2.54. The van der Waals surface area contributed by atoms with Gasteiger partial charge in [-0.3, -0.25) is 0 Å². The fraction of sp³-hybridized carbons (Fsp3) is 0.438. The van der Waals surface area contributed by atoms with Crippen molar-refractivity contribution in [1.29, 1.82) is 0 Å². The Kier molecular flexibility index (Phi) is 5.32. The quantitative estimate of drug-likeness (QED) is 0.939. The lowest BCUT2D eigenvalue weighted by molar-refractivity contribution is 0.409. The first-order chi connectivity index (χ1) is 10.2. The summed E-state index contributed by atoms with van der Waals surface area (Å²) in [5.74, 6) is 2.63. The summed E-state index contributed by atoms with van der Waals surface area (Å²) in [5, 5.41) is 4.39. The molecule has 2 aromatic rings. The van der Waals surface area contributed by atoms with Gasteiger partial charge in [0.05, 0.1) is 14.2 Å². The van der Waals surface area contributed by atoms with E-state index in [1.54, 1.807) is 14.2 Å². The van der Waals surface area contributed by atoms with Crippen molar-refractivity contribution in [2.24, 2.45) is 0 Å². The Labute approximate surface area is 137 Å². The smallest absolute Gasteiger partial charge is 0.145 e. The Morgan fingerprint density at radius 3 is 2.36 bits per heavy atom. The van der Waals surface area contributed by atoms with Crippen LogP contribution in [0.1, 0.15) is 5.56 Å². The highest BCUT2D eigenvalue weighted by atomic mass is 35.5. The van der Waals surface area contributed by atoms with Crippen molar-refractivity contribution in [3.05, 3.63) is 23.8 Å². The minimum absolute atomic E-state index is 0. The van der Waals surface area contributed by atoms with Crippen LogP contribution in [0.2, 0.25) is 0 Å². The van der Waals surface area contributed by atoms with E-state index in [4.69, 9.17) is 14.5 Å². The summed E-state index contributed by atoms with van der Waals surface area (Å²) >= 11 is 0. The zero-order chi connectivity index (χ0) is 14.8. The molecule has 1 fully saturated rings. The van der Waals surface area contributed by atoms with Gasteiger partial charge in [-0.05, 0) is 30.7 Å². The van der Waals surface area contributed by atoms with Crippen molar-refractivity contribution >= 4 is 29.1 Å². The molecular weight excluding hydrogens is 302 g/mol. The van der Waals surface area contributed by atoms with E-state index < -0.39 is 0 Å². The Bertz CT molecular complexity index is 657. The van der Waals surface area contributed by atoms with Crippen LogP contribution >= 0.6 is 12.4 Å². The Balaban J connectivity index is 0.00000176. The van der Waals surface area contributed by atoms with Crippen LogP contribution in [0.4, 0.5) is 5.82 Å². The summed E-state index contributed by atoms with van der Waals surface area (Å²) in [7, 11) is 3.36. The van der Waals surface area contributed by atoms with Gasteiger partial charge >= 0.3 is 0 Å². The number of hydrogen-bond acceptors (Lipinski definition) is 5.